The third-order valence-corrected chi connectivity index (χ3v) is 19.6. The number of alkyl halides is 6. The molecule has 16 atom stereocenters. The number of hydrogen-bond donors (Lipinski definition) is 0. The monoisotopic (exact) mass is 955 g/mol. The first-order valence-corrected chi connectivity index (χ1v) is 25.9. The lowest BCUT2D eigenvalue weighted by Crippen LogP contribution is -2.52. The molecule has 67 heavy (non-hydrogen) atoms. The molecule has 2 saturated heterocycles. The maximum Gasteiger partial charge on any atom is 0.394 e. The molecule has 378 valence electrons. The first kappa shape index (κ1) is 50.8. The van der Waals surface area contributed by atoms with Crippen molar-refractivity contribution in [2.75, 3.05) is 7.05 Å². The van der Waals surface area contributed by atoms with E-state index in [1.54, 1.807) is 0 Å². The summed E-state index contributed by atoms with van der Waals surface area (Å²) < 4.78 is 101. The Morgan fingerprint density at radius 2 is 0.910 bits per heavy atom. The zero-order valence-electron chi connectivity index (χ0n) is 40.9. The highest BCUT2D eigenvalue weighted by atomic mass is 19.4. The highest BCUT2D eigenvalue weighted by Crippen LogP contribution is 2.55. The van der Waals surface area contributed by atoms with Crippen molar-refractivity contribution in [3.8, 4) is 0 Å². The zero-order valence-corrected chi connectivity index (χ0v) is 40.9. The molecule has 0 aromatic carbocycles. The molecule has 0 spiro atoms. The number of amides is 4. The van der Waals surface area contributed by atoms with Crippen molar-refractivity contribution in [1.82, 2.24) is 9.80 Å². The van der Waals surface area contributed by atoms with Gasteiger partial charge in [0.2, 0.25) is 23.6 Å². The van der Waals surface area contributed by atoms with Gasteiger partial charge in [-0.3, -0.25) is 33.8 Å². The average Bonchev–Trinajstić information content (AvgIpc) is 3.64. The van der Waals surface area contributed by atoms with Crippen molar-refractivity contribution in [2.45, 2.75) is 194 Å². The molecule has 8 fully saturated rings. The molecule has 8 rings (SSSR count). The van der Waals surface area contributed by atoms with Crippen LogP contribution < -0.4 is 0 Å². The Bertz CT molecular complexity index is 1870. The molecule has 0 N–H and O–H groups in total. The fraction of sp³-hybridized carbons (Fsp3) is 0.904. The lowest BCUT2D eigenvalue weighted by atomic mass is 9.55. The van der Waals surface area contributed by atoms with Crippen LogP contribution in [-0.4, -0.2) is 89.1 Å². The summed E-state index contributed by atoms with van der Waals surface area (Å²) in [6, 6.07) is -0.918. The van der Waals surface area contributed by atoms with E-state index < -0.39 is 102 Å². The Labute approximate surface area is 393 Å². The van der Waals surface area contributed by atoms with Gasteiger partial charge in [0.25, 0.3) is 0 Å². The highest BCUT2D eigenvalue weighted by Gasteiger charge is 2.59. The maximum absolute atomic E-state index is 15.1. The molecule has 4 amide bonds. The maximum atomic E-state index is 15.1. The Morgan fingerprint density at radius 1 is 0.507 bits per heavy atom. The van der Waals surface area contributed by atoms with Crippen molar-refractivity contribution in [1.29, 1.82) is 0 Å². The lowest BCUT2D eigenvalue weighted by Gasteiger charge is -2.53. The summed E-state index contributed by atoms with van der Waals surface area (Å²) >= 11 is 0. The van der Waals surface area contributed by atoms with Crippen LogP contribution in [-0.2, 0) is 33.4 Å². The second kappa shape index (κ2) is 18.9. The van der Waals surface area contributed by atoms with Crippen LogP contribution in [0.2, 0.25) is 0 Å². The lowest BCUT2D eigenvalue weighted by molar-refractivity contribution is -0.239. The van der Waals surface area contributed by atoms with Crippen molar-refractivity contribution in [3.05, 3.63) is 0 Å². The van der Waals surface area contributed by atoms with Crippen molar-refractivity contribution in [2.24, 2.45) is 94.2 Å². The summed E-state index contributed by atoms with van der Waals surface area (Å²) in [7, 11) is 1.47. The SMILES string of the molecule is CC1CCC(OC2C(C)CC(C(C)(C)C3CC(C)C(OC4CCC(N5C(=O)C6CCC(C(=O)C7CCC8C(=O)N(C)C(=O)C8C7)CC6C5=O)CC4C(F)(F)F)C(C)C3)CC2C)C(C(F)(F)F)C1. The minimum atomic E-state index is -4.62. The minimum Gasteiger partial charge on any atom is -0.374 e. The van der Waals surface area contributed by atoms with Crippen molar-refractivity contribution in [3.63, 3.8) is 0 Å². The number of rotatable bonds is 9. The predicted molar refractivity (Wildman–Crippen MR) is 236 cm³/mol. The number of ketones is 1. The molecule has 15 heteroatoms. The molecule has 6 saturated carbocycles. The van der Waals surface area contributed by atoms with Gasteiger partial charge in [0.05, 0.1) is 59.9 Å². The molecule has 8 aliphatic rings. The van der Waals surface area contributed by atoms with Gasteiger partial charge in [-0.15, -0.1) is 0 Å². The molecular formula is C52H76F6N2O7. The van der Waals surface area contributed by atoms with E-state index in [-0.39, 0.29) is 90.3 Å². The van der Waals surface area contributed by atoms with E-state index in [9.17, 15) is 37.1 Å². The third kappa shape index (κ3) is 9.66. The number of carbonyl (C=O) groups is 5. The number of Topliss-reactive ketones (excluding diaryl/α,β-unsaturated/α-hetero) is 1. The number of nitrogens with zero attached hydrogens (tertiary/aromatic N) is 2. The average molecular weight is 955 g/mol. The third-order valence-electron chi connectivity index (χ3n) is 19.6. The minimum absolute atomic E-state index is 0.0201. The summed E-state index contributed by atoms with van der Waals surface area (Å²) in [6.45, 7) is 14.8. The Morgan fingerprint density at radius 3 is 1.39 bits per heavy atom. The van der Waals surface area contributed by atoms with Gasteiger partial charge in [-0.2, -0.15) is 26.3 Å². The van der Waals surface area contributed by atoms with Crippen LogP contribution in [0.15, 0.2) is 0 Å². The Balaban J connectivity index is 0.861. The van der Waals surface area contributed by atoms with Crippen LogP contribution in [0.4, 0.5) is 26.3 Å². The van der Waals surface area contributed by atoms with Gasteiger partial charge in [-0.1, -0.05) is 48.5 Å². The molecule has 0 bridgehead atoms. The van der Waals surface area contributed by atoms with Crippen LogP contribution in [0.5, 0.6) is 0 Å². The number of halogens is 6. The standard InChI is InChI=1S/C52H76F6N2O7/c1-25-9-15-41(39(17-25)51(53,54)55)66-44-26(2)18-32(19-27(44)3)50(6,7)33-20-28(4)45(29(5)21-33)67-42-16-12-34(24-40(42)52(56,57)58)60-48(64)36-14-11-31(23-38(36)49(60)65)43(61)30-10-13-35-37(22-30)47(63)59(8)46(35)62/h25-42,44-45H,9-24H2,1-8H3. The van der Waals surface area contributed by atoms with E-state index in [4.69, 9.17) is 9.47 Å². The number of imide groups is 2. The van der Waals surface area contributed by atoms with Crippen LogP contribution >= 0.6 is 0 Å². The molecule has 0 radical (unpaired) electrons. The summed E-state index contributed by atoms with van der Waals surface area (Å²) in [5.41, 5.74) is -0.129. The van der Waals surface area contributed by atoms with Gasteiger partial charge < -0.3 is 9.47 Å². The van der Waals surface area contributed by atoms with Gasteiger partial charge in [-0.25, -0.2) is 0 Å². The summed E-state index contributed by atoms with van der Waals surface area (Å²) in [4.78, 5) is 69.3. The zero-order chi connectivity index (χ0) is 48.8. The quantitative estimate of drug-likeness (QED) is 0.167. The molecule has 0 aromatic rings. The van der Waals surface area contributed by atoms with Gasteiger partial charge in [0.1, 0.15) is 5.78 Å². The van der Waals surface area contributed by atoms with E-state index in [1.165, 1.54) is 7.05 Å². The number of fused-ring (bicyclic) bond motifs is 2. The fourth-order valence-electron chi connectivity index (χ4n) is 15.6. The molecule has 2 aliphatic heterocycles. The fourth-order valence-corrected chi connectivity index (χ4v) is 15.6. The number of likely N-dealkylation sites (tertiary alicyclic amines) is 2. The Kier molecular flexibility index (Phi) is 14.3. The van der Waals surface area contributed by atoms with Gasteiger partial charge >= 0.3 is 12.4 Å². The largest absolute Gasteiger partial charge is 0.394 e. The highest BCUT2D eigenvalue weighted by molar-refractivity contribution is 6.06. The number of ether oxygens (including phenoxy) is 2. The van der Waals surface area contributed by atoms with E-state index in [0.29, 0.717) is 44.4 Å². The van der Waals surface area contributed by atoms with E-state index in [0.717, 1.165) is 41.9 Å². The number of carbonyl (C=O) groups excluding carboxylic acids is 5. The first-order chi connectivity index (χ1) is 31.3. The van der Waals surface area contributed by atoms with Crippen LogP contribution in [0.1, 0.15) is 151 Å². The molecule has 6 aliphatic carbocycles. The molecule has 9 nitrogen and oxygen atoms in total. The first-order valence-electron chi connectivity index (χ1n) is 25.9. The van der Waals surface area contributed by atoms with Crippen LogP contribution in [0, 0.1) is 94.2 Å². The van der Waals surface area contributed by atoms with E-state index >= 15 is 13.2 Å². The molecule has 2 heterocycles. The number of hydrogen-bond acceptors (Lipinski definition) is 7. The predicted octanol–water partition coefficient (Wildman–Crippen LogP) is 10.6. The van der Waals surface area contributed by atoms with Gasteiger partial charge in [0, 0.05) is 24.9 Å². The van der Waals surface area contributed by atoms with Crippen molar-refractivity contribution >= 4 is 29.4 Å². The second-order valence-corrected chi connectivity index (χ2v) is 24.2. The molecular weight excluding hydrogens is 879 g/mol. The van der Waals surface area contributed by atoms with Crippen molar-refractivity contribution < 1.29 is 59.8 Å². The van der Waals surface area contributed by atoms with Gasteiger partial charge in [-0.05, 0) is 150 Å². The second-order valence-electron chi connectivity index (χ2n) is 24.2. The summed E-state index contributed by atoms with van der Waals surface area (Å²) in [5.74, 6) is -7.30. The van der Waals surface area contributed by atoms with Crippen LogP contribution in [0.25, 0.3) is 0 Å². The van der Waals surface area contributed by atoms with E-state index in [1.807, 2.05) is 6.92 Å². The van der Waals surface area contributed by atoms with E-state index in [2.05, 4.69) is 41.5 Å². The summed E-state index contributed by atoms with van der Waals surface area (Å²) in [5, 5.41) is 0. The molecule has 0 aromatic heterocycles. The molecule has 16 unspecified atom stereocenters. The topological polar surface area (TPSA) is 110 Å². The van der Waals surface area contributed by atoms with Gasteiger partial charge in [0.15, 0.2) is 0 Å². The summed E-state index contributed by atoms with van der Waals surface area (Å²) in [6.07, 6.45) is -5.09. The normalized spacial score (nSPS) is 44.7. The smallest absolute Gasteiger partial charge is 0.374 e. The van der Waals surface area contributed by atoms with Crippen LogP contribution in [0.3, 0.4) is 0 Å². The Hall–Kier alpha value is -2.55.